The molecule has 0 saturated carbocycles. The van der Waals surface area contributed by atoms with Crippen LogP contribution in [0.5, 0.6) is 0 Å². The average molecular weight is 517 g/mol. The predicted octanol–water partition coefficient (Wildman–Crippen LogP) is 3.94. The van der Waals surface area contributed by atoms with Crippen LogP contribution in [0, 0.1) is 5.92 Å². The lowest BCUT2D eigenvalue weighted by Crippen LogP contribution is -2.52. The molecule has 0 bridgehead atoms. The van der Waals surface area contributed by atoms with Crippen molar-refractivity contribution >= 4 is 33.9 Å². The molecule has 2 aliphatic rings. The minimum Gasteiger partial charge on any atom is -0.480 e. The van der Waals surface area contributed by atoms with Gasteiger partial charge < -0.3 is 14.7 Å². The van der Waals surface area contributed by atoms with Crippen LogP contribution in [-0.2, 0) is 20.7 Å². The number of rotatable bonds is 4. The first-order chi connectivity index (χ1) is 14.8. The van der Waals surface area contributed by atoms with Crippen LogP contribution in [0.4, 0.5) is 13.6 Å². The second kappa shape index (κ2) is 8.96. The van der Waals surface area contributed by atoms with E-state index in [4.69, 9.17) is 4.74 Å². The Balaban J connectivity index is 1.83. The van der Waals surface area contributed by atoms with Crippen LogP contribution < -0.4 is 0 Å². The second-order valence-electron chi connectivity index (χ2n) is 9.46. The molecule has 7 nitrogen and oxygen atoms in total. The number of amides is 2. The molecule has 0 spiro atoms. The third-order valence-electron chi connectivity index (χ3n) is 5.58. The maximum absolute atomic E-state index is 14.0. The largest absolute Gasteiger partial charge is 0.480 e. The maximum Gasteiger partial charge on any atom is 0.410 e. The van der Waals surface area contributed by atoms with Crippen LogP contribution in [0.3, 0.4) is 0 Å². The zero-order chi connectivity index (χ0) is 23.8. The fourth-order valence-corrected chi connectivity index (χ4v) is 4.51. The van der Waals surface area contributed by atoms with Crippen molar-refractivity contribution in [2.24, 2.45) is 5.92 Å². The summed E-state index contributed by atoms with van der Waals surface area (Å²) in [5, 5.41) is 9.37. The average Bonchev–Trinajstić information content (AvgIpc) is 3.22. The molecule has 1 aromatic rings. The van der Waals surface area contributed by atoms with Crippen molar-refractivity contribution in [3.63, 3.8) is 0 Å². The number of likely N-dealkylation sites (tertiary alicyclic amines) is 2. The van der Waals surface area contributed by atoms with Crippen LogP contribution in [0.25, 0.3) is 0 Å². The molecular formula is C22H27BrF2N2O5. The van der Waals surface area contributed by atoms with Gasteiger partial charge in [-0.15, -0.1) is 0 Å². The van der Waals surface area contributed by atoms with E-state index in [2.05, 4.69) is 15.9 Å². The van der Waals surface area contributed by atoms with Crippen molar-refractivity contribution in [3.8, 4) is 0 Å². The number of ether oxygens (including phenoxy) is 1. The normalized spacial score (nSPS) is 25.1. The Morgan fingerprint density at radius 2 is 1.78 bits per heavy atom. The zero-order valence-electron chi connectivity index (χ0n) is 18.2. The van der Waals surface area contributed by atoms with Gasteiger partial charge >= 0.3 is 12.1 Å². The summed E-state index contributed by atoms with van der Waals surface area (Å²) in [6.07, 6.45) is -0.834. The Hall–Kier alpha value is -2.23. The molecule has 176 valence electrons. The van der Waals surface area contributed by atoms with Gasteiger partial charge in [-0.2, -0.15) is 0 Å². The van der Waals surface area contributed by atoms with Gasteiger partial charge in [-0.05, 0) is 57.2 Å². The van der Waals surface area contributed by atoms with E-state index in [1.807, 2.05) is 24.3 Å². The molecule has 32 heavy (non-hydrogen) atoms. The number of aliphatic carboxylic acids is 1. The Morgan fingerprint density at radius 1 is 1.16 bits per heavy atom. The van der Waals surface area contributed by atoms with Crippen molar-refractivity contribution in [1.29, 1.82) is 0 Å². The number of hydrogen-bond acceptors (Lipinski definition) is 4. The van der Waals surface area contributed by atoms with Crippen LogP contribution in [0.1, 0.15) is 39.2 Å². The summed E-state index contributed by atoms with van der Waals surface area (Å²) >= 11 is 3.38. The summed E-state index contributed by atoms with van der Waals surface area (Å²) in [6, 6.07) is 4.96. The van der Waals surface area contributed by atoms with Crippen LogP contribution in [0.15, 0.2) is 28.7 Å². The van der Waals surface area contributed by atoms with Gasteiger partial charge in [0.15, 0.2) is 0 Å². The monoisotopic (exact) mass is 516 g/mol. The quantitative estimate of drug-likeness (QED) is 0.654. The van der Waals surface area contributed by atoms with Crippen LogP contribution in [-0.4, -0.2) is 69.6 Å². The summed E-state index contributed by atoms with van der Waals surface area (Å²) in [6.45, 7) is 4.32. The number of nitrogens with zero attached hydrogens (tertiary/aromatic N) is 2. The summed E-state index contributed by atoms with van der Waals surface area (Å²) in [5.74, 6) is -5.66. The highest BCUT2D eigenvalue weighted by Gasteiger charge is 2.53. The number of hydrogen-bond donors (Lipinski definition) is 1. The first kappa shape index (κ1) is 24.4. The first-order valence-corrected chi connectivity index (χ1v) is 11.2. The molecule has 0 unspecified atom stereocenters. The smallest absolute Gasteiger partial charge is 0.410 e. The lowest BCUT2D eigenvalue weighted by atomic mass is 9.96. The number of carboxylic acid groups (broad SMARTS) is 1. The molecule has 2 aliphatic heterocycles. The number of carboxylic acids is 1. The van der Waals surface area contributed by atoms with Gasteiger partial charge in [0.05, 0.1) is 6.54 Å². The molecule has 0 aliphatic carbocycles. The molecule has 0 radical (unpaired) electrons. The highest BCUT2D eigenvalue weighted by molar-refractivity contribution is 9.10. The minimum atomic E-state index is -3.29. The molecule has 2 saturated heterocycles. The number of halogens is 3. The van der Waals surface area contributed by atoms with Crippen molar-refractivity contribution in [3.05, 3.63) is 34.3 Å². The molecule has 2 fully saturated rings. The van der Waals surface area contributed by atoms with Crippen LogP contribution >= 0.6 is 15.9 Å². The van der Waals surface area contributed by atoms with E-state index in [1.165, 1.54) is 4.90 Å². The van der Waals surface area contributed by atoms with Gasteiger partial charge in [-0.1, -0.05) is 28.1 Å². The Morgan fingerprint density at radius 3 is 2.34 bits per heavy atom. The molecule has 2 amide bonds. The van der Waals surface area contributed by atoms with Gasteiger partial charge in [-0.3, -0.25) is 9.69 Å². The highest BCUT2D eigenvalue weighted by atomic mass is 79.9. The molecule has 3 rings (SSSR count). The highest BCUT2D eigenvalue weighted by Crippen LogP contribution is 2.36. The third-order valence-corrected chi connectivity index (χ3v) is 6.11. The predicted molar refractivity (Wildman–Crippen MR) is 115 cm³/mol. The molecule has 0 aromatic heterocycles. The second-order valence-corrected chi connectivity index (χ2v) is 10.4. The van der Waals surface area contributed by atoms with E-state index in [-0.39, 0.29) is 18.9 Å². The first-order valence-electron chi connectivity index (χ1n) is 10.4. The Bertz CT molecular complexity index is 887. The molecule has 2 heterocycles. The SMILES string of the molecule is CC(C)(C)OC(=O)N1C[C@H](Cc2ccc(Br)cc2)C[C@H]1C(=O)N1CC(F)(F)C[C@@H]1C(=O)O. The zero-order valence-corrected chi connectivity index (χ0v) is 19.8. The number of alkyl halides is 2. The summed E-state index contributed by atoms with van der Waals surface area (Å²) < 4.78 is 34.3. The standard InChI is InChI=1S/C22H27BrF2N2O5/c1-21(2,3)32-20(31)26-11-14(8-13-4-6-15(23)7-5-13)9-16(26)18(28)27-12-22(24,25)10-17(27)19(29)30/h4-7,14,16-17H,8-12H2,1-3H3,(H,29,30)/t14-,16+,17-/m1/s1. The number of carbonyl (C=O) groups excluding carboxylic acids is 2. The number of carbonyl (C=O) groups is 3. The van der Waals surface area contributed by atoms with Gasteiger partial charge in [0.2, 0.25) is 5.91 Å². The summed E-state index contributed by atoms with van der Waals surface area (Å²) in [4.78, 5) is 39.6. The fraction of sp³-hybridized carbons (Fsp3) is 0.591. The van der Waals surface area contributed by atoms with Gasteiger partial charge in [0.25, 0.3) is 5.92 Å². The summed E-state index contributed by atoms with van der Waals surface area (Å²) in [5.41, 5.74) is 0.199. The minimum absolute atomic E-state index is 0.107. The molecular weight excluding hydrogens is 490 g/mol. The Labute approximate surface area is 193 Å². The van der Waals surface area contributed by atoms with E-state index >= 15 is 0 Å². The van der Waals surface area contributed by atoms with Crippen LogP contribution in [0.2, 0.25) is 0 Å². The lowest BCUT2D eigenvalue weighted by molar-refractivity contribution is -0.150. The molecule has 10 heteroatoms. The van der Waals surface area contributed by atoms with Gasteiger partial charge in [-0.25, -0.2) is 18.4 Å². The summed E-state index contributed by atoms with van der Waals surface area (Å²) in [7, 11) is 0. The van der Waals surface area contributed by atoms with Crippen molar-refractivity contribution in [2.75, 3.05) is 13.1 Å². The van der Waals surface area contributed by atoms with Gasteiger partial charge in [0, 0.05) is 17.4 Å². The molecule has 1 N–H and O–H groups in total. The molecule has 3 atom stereocenters. The maximum atomic E-state index is 14.0. The topological polar surface area (TPSA) is 87.2 Å². The van der Waals surface area contributed by atoms with Crippen molar-refractivity contribution in [2.45, 2.75) is 63.6 Å². The van der Waals surface area contributed by atoms with E-state index in [9.17, 15) is 28.3 Å². The van der Waals surface area contributed by atoms with Crippen molar-refractivity contribution < 1.29 is 33.0 Å². The lowest BCUT2D eigenvalue weighted by Gasteiger charge is -2.31. The van der Waals surface area contributed by atoms with Gasteiger partial charge in [0.1, 0.15) is 17.7 Å². The number of benzene rings is 1. The van der Waals surface area contributed by atoms with E-state index in [0.29, 0.717) is 11.3 Å². The van der Waals surface area contributed by atoms with E-state index in [1.54, 1.807) is 20.8 Å². The fourth-order valence-electron chi connectivity index (χ4n) is 4.24. The van der Waals surface area contributed by atoms with E-state index < -0.39 is 54.5 Å². The molecule has 1 aromatic carbocycles. The Kier molecular flexibility index (Phi) is 6.83. The van der Waals surface area contributed by atoms with E-state index in [0.717, 1.165) is 10.0 Å². The van der Waals surface area contributed by atoms with Crippen molar-refractivity contribution in [1.82, 2.24) is 9.80 Å². The third kappa shape index (κ3) is 5.76.